The number of halogens is 2. The average Bonchev–Trinajstić information content (AvgIpc) is 3.66. The summed E-state index contributed by atoms with van der Waals surface area (Å²) in [6.45, 7) is 2.32. The van der Waals surface area contributed by atoms with Gasteiger partial charge in [0.15, 0.2) is 34.5 Å². The van der Waals surface area contributed by atoms with Crippen LogP contribution in [0, 0.1) is 11.6 Å². The van der Waals surface area contributed by atoms with E-state index in [0.717, 1.165) is 18.4 Å². The van der Waals surface area contributed by atoms with E-state index < -0.39 is 5.60 Å². The maximum absolute atomic E-state index is 13.8. The smallest absolute Gasteiger partial charge is 0.181 e. The van der Waals surface area contributed by atoms with E-state index in [2.05, 4.69) is 0 Å². The van der Waals surface area contributed by atoms with Crippen LogP contribution in [0.25, 0.3) is 0 Å². The molecule has 34 heavy (non-hydrogen) atoms. The van der Waals surface area contributed by atoms with Crippen LogP contribution in [0.2, 0.25) is 0 Å². The number of hydrogen-bond acceptors (Lipinski definition) is 6. The molecule has 0 aromatic heterocycles. The summed E-state index contributed by atoms with van der Waals surface area (Å²) in [5.74, 6) is -0.00997. The highest BCUT2D eigenvalue weighted by Gasteiger charge is 2.61. The van der Waals surface area contributed by atoms with Crippen LogP contribution in [-0.2, 0) is 25.4 Å². The monoisotopic (exact) mass is 472 g/mol. The standard InChI is InChI=1S/2C13H13FO3/c14-9-3-1-2-8-10(9)17-13(12-11(8)16-12)4-6-15-7-5-13;14-10-3-1-2-9-8-11(15)13(17-12(9)10)4-6-16-7-5-13/h1-3,11-12H,4-7H2;1-3H,4-8H2. The summed E-state index contributed by atoms with van der Waals surface area (Å²) in [5.41, 5.74) is 0.283. The molecule has 5 aliphatic rings. The molecule has 5 aliphatic heterocycles. The Morgan fingerprint density at radius 2 is 1.44 bits per heavy atom. The Morgan fingerprint density at radius 1 is 0.794 bits per heavy atom. The Balaban J connectivity index is 0.000000128. The van der Waals surface area contributed by atoms with Crippen molar-refractivity contribution in [2.75, 3.05) is 26.4 Å². The van der Waals surface area contributed by atoms with Gasteiger partial charge in [0.05, 0.1) is 26.4 Å². The van der Waals surface area contributed by atoms with Crippen LogP contribution < -0.4 is 9.47 Å². The average molecular weight is 472 g/mol. The number of carbonyl (C=O) groups is 1. The first-order chi connectivity index (χ1) is 16.5. The van der Waals surface area contributed by atoms with Crippen LogP contribution in [0.5, 0.6) is 11.5 Å². The Kier molecular flexibility index (Phi) is 5.35. The Morgan fingerprint density at radius 3 is 2.18 bits per heavy atom. The Hall–Kier alpha value is -2.55. The molecule has 7 rings (SSSR count). The molecule has 0 aliphatic carbocycles. The highest BCUT2D eigenvalue weighted by molar-refractivity contribution is 5.91. The summed E-state index contributed by atoms with van der Waals surface area (Å²) >= 11 is 0. The van der Waals surface area contributed by atoms with E-state index in [1.165, 1.54) is 12.1 Å². The summed E-state index contributed by atoms with van der Waals surface area (Å²) < 4.78 is 55.4. The van der Waals surface area contributed by atoms with E-state index in [1.54, 1.807) is 18.2 Å². The van der Waals surface area contributed by atoms with Crippen LogP contribution in [0.3, 0.4) is 0 Å². The number of hydrogen-bond donors (Lipinski definition) is 0. The van der Waals surface area contributed by atoms with Crippen molar-refractivity contribution in [3.63, 3.8) is 0 Å². The molecule has 0 N–H and O–H groups in total. The summed E-state index contributed by atoms with van der Waals surface area (Å²) in [6, 6.07) is 9.74. The maximum Gasteiger partial charge on any atom is 0.181 e. The quantitative estimate of drug-likeness (QED) is 0.539. The third-order valence-electron chi connectivity index (χ3n) is 7.46. The Bertz CT molecular complexity index is 1110. The Labute approximate surface area is 196 Å². The molecule has 2 aromatic carbocycles. The highest BCUT2D eigenvalue weighted by Crippen LogP contribution is 2.57. The third-order valence-corrected chi connectivity index (χ3v) is 7.46. The first-order valence-electron chi connectivity index (χ1n) is 11.8. The van der Waals surface area contributed by atoms with E-state index in [1.807, 2.05) is 6.07 Å². The van der Waals surface area contributed by atoms with Crippen molar-refractivity contribution in [3.8, 4) is 11.5 Å². The van der Waals surface area contributed by atoms with Crippen LogP contribution in [0.4, 0.5) is 8.78 Å². The van der Waals surface area contributed by atoms with Gasteiger partial charge in [0.2, 0.25) is 0 Å². The molecule has 0 saturated carbocycles. The van der Waals surface area contributed by atoms with Crippen LogP contribution in [0.15, 0.2) is 36.4 Å². The number of ether oxygens (including phenoxy) is 5. The number of carbonyl (C=O) groups excluding carboxylic acids is 1. The minimum absolute atomic E-state index is 0.0209. The van der Waals surface area contributed by atoms with Gasteiger partial charge in [0.1, 0.15) is 17.8 Å². The van der Waals surface area contributed by atoms with Crippen molar-refractivity contribution < 1.29 is 37.3 Å². The molecule has 180 valence electrons. The number of epoxide rings is 1. The second-order valence-electron chi connectivity index (χ2n) is 9.45. The fourth-order valence-corrected chi connectivity index (χ4v) is 5.45. The molecule has 0 radical (unpaired) electrons. The van der Waals surface area contributed by atoms with Gasteiger partial charge in [0.25, 0.3) is 0 Å². The molecule has 6 nitrogen and oxygen atoms in total. The van der Waals surface area contributed by atoms with Gasteiger partial charge in [-0.05, 0) is 12.1 Å². The lowest BCUT2D eigenvalue weighted by Crippen LogP contribution is -2.52. The maximum atomic E-state index is 13.8. The molecular weight excluding hydrogens is 446 g/mol. The fourth-order valence-electron chi connectivity index (χ4n) is 5.45. The van der Waals surface area contributed by atoms with Crippen molar-refractivity contribution >= 4 is 5.78 Å². The third kappa shape index (κ3) is 3.59. The summed E-state index contributed by atoms with van der Waals surface area (Å²) in [4.78, 5) is 12.1. The molecule has 2 aromatic rings. The molecule has 5 heterocycles. The normalized spacial score (nSPS) is 27.3. The summed E-state index contributed by atoms with van der Waals surface area (Å²) in [5, 5.41) is 0. The molecule has 2 atom stereocenters. The first-order valence-corrected chi connectivity index (χ1v) is 11.8. The predicted molar refractivity (Wildman–Crippen MR) is 116 cm³/mol. The lowest BCUT2D eigenvalue weighted by molar-refractivity contribution is -0.144. The second-order valence-corrected chi connectivity index (χ2v) is 9.45. The number of fused-ring (bicyclic) bond motifs is 5. The van der Waals surface area contributed by atoms with Crippen molar-refractivity contribution in [1.82, 2.24) is 0 Å². The minimum Gasteiger partial charge on any atom is -0.481 e. The molecule has 0 bridgehead atoms. The summed E-state index contributed by atoms with van der Waals surface area (Å²) in [6.07, 6.45) is 2.95. The van der Waals surface area contributed by atoms with E-state index in [9.17, 15) is 13.6 Å². The zero-order chi connectivity index (χ0) is 23.3. The van der Waals surface area contributed by atoms with Gasteiger partial charge in [0, 0.05) is 43.2 Å². The van der Waals surface area contributed by atoms with E-state index >= 15 is 0 Å². The molecular formula is C26H26F2O6. The SMILES string of the molecule is Fc1cccc2c1OC1(CCOCC1)C1OC21.O=C1Cc2cccc(F)c2OC12CCOCC2. The largest absolute Gasteiger partial charge is 0.481 e. The number of benzene rings is 2. The van der Waals surface area contributed by atoms with Gasteiger partial charge in [-0.2, -0.15) is 0 Å². The van der Waals surface area contributed by atoms with Gasteiger partial charge in [-0.15, -0.1) is 0 Å². The number of ketones is 1. The predicted octanol–water partition coefficient (Wildman–Crippen LogP) is 4.09. The van der Waals surface area contributed by atoms with Gasteiger partial charge in [-0.25, -0.2) is 8.78 Å². The molecule has 2 unspecified atom stereocenters. The minimum atomic E-state index is -0.854. The first kappa shape index (κ1) is 21.9. The fraction of sp³-hybridized carbons (Fsp3) is 0.500. The van der Waals surface area contributed by atoms with Crippen molar-refractivity contribution in [2.45, 2.75) is 55.5 Å². The van der Waals surface area contributed by atoms with E-state index in [-0.39, 0.29) is 47.4 Å². The molecule has 2 spiro atoms. The number of rotatable bonds is 0. The molecule has 8 heteroatoms. The molecule has 3 saturated heterocycles. The van der Waals surface area contributed by atoms with Crippen LogP contribution in [-0.4, -0.2) is 49.5 Å². The topological polar surface area (TPSA) is 66.5 Å². The van der Waals surface area contributed by atoms with Crippen molar-refractivity contribution in [3.05, 3.63) is 59.2 Å². The van der Waals surface area contributed by atoms with Gasteiger partial charge in [-0.3, -0.25) is 4.79 Å². The van der Waals surface area contributed by atoms with Crippen LogP contribution in [0.1, 0.15) is 42.9 Å². The van der Waals surface area contributed by atoms with Crippen molar-refractivity contribution in [1.29, 1.82) is 0 Å². The lowest BCUT2D eigenvalue weighted by atomic mass is 9.83. The number of Topliss-reactive ketones (excluding diaryl/α,β-unsaturated/α-hetero) is 1. The summed E-state index contributed by atoms with van der Waals surface area (Å²) in [7, 11) is 0. The van der Waals surface area contributed by atoms with E-state index in [0.29, 0.717) is 50.6 Å². The van der Waals surface area contributed by atoms with Gasteiger partial charge < -0.3 is 23.7 Å². The second kappa shape index (κ2) is 8.29. The zero-order valence-electron chi connectivity index (χ0n) is 18.7. The van der Waals surface area contributed by atoms with Crippen LogP contribution >= 0.6 is 0 Å². The van der Waals surface area contributed by atoms with E-state index in [4.69, 9.17) is 23.7 Å². The lowest BCUT2D eigenvalue weighted by Gasteiger charge is -2.39. The highest BCUT2D eigenvalue weighted by atomic mass is 19.1. The zero-order valence-corrected chi connectivity index (χ0v) is 18.7. The number of para-hydroxylation sites is 2. The van der Waals surface area contributed by atoms with Crippen molar-refractivity contribution in [2.24, 2.45) is 0 Å². The molecule has 3 fully saturated rings. The molecule has 0 amide bonds. The van der Waals surface area contributed by atoms with Gasteiger partial charge in [-0.1, -0.05) is 24.3 Å². The van der Waals surface area contributed by atoms with Gasteiger partial charge >= 0.3 is 0 Å².